The SMILES string of the molecule is C=C(Cl)CCc1ccc(OC)c(OC)c1. The molecule has 0 radical (unpaired) electrons. The maximum atomic E-state index is 5.71. The van der Waals surface area contributed by atoms with Crippen molar-refractivity contribution in [3.63, 3.8) is 0 Å². The molecule has 1 aromatic carbocycles. The van der Waals surface area contributed by atoms with E-state index in [0.29, 0.717) is 5.03 Å². The van der Waals surface area contributed by atoms with Crippen molar-refractivity contribution in [3.8, 4) is 11.5 Å². The molecule has 0 amide bonds. The third-order valence-electron chi connectivity index (χ3n) is 2.13. The molecule has 3 heteroatoms. The van der Waals surface area contributed by atoms with E-state index in [4.69, 9.17) is 21.1 Å². The third-order valence-corrected chi connectivity index (χ3v) is 2.32. The van der Waals surface area contributed by atoms with Crippen LogP contribution in [0, 0.1) is 0 Å². The first kappa shape index (κ1) is 11.9. The molecule has 0 bridgehead atoms. The molecule has 0 aromatic heterocycles. The maximum absolute atomic E-state index is 5.71. The highest BCUT2D eigenvalue weighted by Gasteiger charge is 2.04. The van der Waals surface area contributed by atoms with Gasteiger partial charge in [0, 0.05) is 5.03 Å². The maximum Gasteiger partial charge on any atom is 0.160 e. The fourth-order valence-corrected chi connectivity index (χ4v) is 1.41. The summed E-state index contributed by atoms with van der Waals surface area (Å²) in [7, 11) is 3.25. The Morgan fingerprint density at radius 2 is 1.93 bits per heavy atom. The van der Waals surface area contributed by atoms with Crippen LogP contribution in [0.1, 0.15) is 12.0 Å². The summed E-state index contributed by atoms with van der Waals surface area (Å²) in [5.41, 5.74) is 1.16. The minimum atomic E-state index is 0.671. The summed E-state index contributed by atoms with van der Waals surface area (Å²) in [5, 5.41) is 0.671. The van der Waals surface area contributed by atoms with E-state index in [1.165, 1.54) is 0 Å². The molecular formula is C12H15ClO2. The number of ether oxygens (including phenoxy) is 2. The fraction of sp³-hybridized carbons (Fsp3) is 0.333. The van der Waals surface area contributed by atoms with Gasteiger partial charge in [-0.05, 0) is 30.5 Å². The monoisotopic (exact) mass is 226 g/mol. The average molecular weight is 227 g/mol. The van der Waals surface area contributed by atoms with Gasteiger partial charge in [-0.25, -0.2) is 0 Å². The van der Waals surface area contributed by atoms with Gasteiger partial charge in [-0.3, -0.25) is 0 Å². The molecule has 82 valence electrons. The molecule has 0 aliphatic carbocycles. The zero-order chi connectivity index (χ0) is 11.3. The van der Waals surface area contributed by atoms with Gasteiger partial charge in [0.15, 0.2) is 11.5 Å². The smallest absolute Gasteiger partial charge is 0.160 e. The Kier molecular flexibility index (Phi) is 4.50. The molecule has 0 saturated carbocycles. The number of benzene rings is 1. The fourth-order valence-electron chi connectivity index (χ4n) is 1.32. The first-order valence-corrected chi connectivity index (χ1v) is 5.09. The normalized spacial score (nSPS) is 9.80. The molecule has 15 heavy (non-hydrogen) atoms. The second-order valence-electron chi connectivity index (χ2n) is 3.21. The summed E-state index contributed by atoms with van der Waals surface area (Å²) < 4.78 is 10.4. The number of methoxy groups -OCH3 is 2. The number of rotatable bonds is 5. The van der Waals surface area contributed by atoms with E-state index in [9.17, 15) is 0 Å². The lowest BCUT2D eigenvalue weighted by Gasteiger charge is -2.09. The molecule has 1 rings (SSSR count). The van der Waals surface area contributed by atoms with Crippen LogP contribution >= 0.6 is 11.6 Å². The highest BCUT2D eigenvalue weighted by molar-refractivity contribution is 6.29. The van der Waals surface area contributed by atoms with Crippen molar-refractivity contribution < 1.29 is 9.47 Å². The predicted octanol–water partition coefficient (Wildman–Crippen LogP) is 3.39. The molecule has 0 aliphatic heterocycles. The Hall–Kier alpha value is -1.15. The van der Waals surface area contributed by atoms with Crippen LogP contribution in [0.2, 0.25) is 0 Å². The Labute approximate surface area is 95.5 Å². The molecule has 2 nitrogen and oxygen atoms in total. The Balaban J connectivity index is 2.78. The number of halogens is 1. The van der Waals surface area contributed by atoms with Crippen LogP contribution in [0.25, 0.3) is 0 Å². The highest BCUT2D eigenvalue weighted by Crippen LogP contribution is 2.28. The lowest BCUT2D eigenvalue weighted by atomic mass is 10.1. The zero-order valence-electron chi connectivity index (χ0n) is 9.05. The number of aryl methyl sites for hydroxylation is 1. The van der Waals surface area contributed by atoms with Crippen molar-refractivity contribution in [2.45, 2.75) is 12.8 Å². The molecule has 1 aromatic rings. The predicted molar refractivity (Wildman–Crippen MR) is 62.9 cm³/mol. The number of hydrogen-bond donors (Lipinski definition) is 0. The van der Waals surface area contributed by atoms with Crippen LogP contribution in [0.15, 0.2) is 29.8 Å². The van der Waals surface area contributed by atoms with Gasteiger partial charge in [0.1, 0.15) is 0 Å². The Bertz CT molecular complexity index is 347. The first-order valence-electron chi connectivity index (χ1n) is 4.71. The molecular weight excluding hydrogens is 212 g/mol. The van der Waals surface area contributed by atoms with Crippen LogP contribution < -0.4 is 9.47 Å². The second kappa shape index (κ2) is 5.66. The van der Waals surface area contributed by atoms with Gasteiger partial charge in [0.2, 0.25) is 0 Å². The standard InChI is InChI=1S/C12H15ClO2/c1-9(13)4-5-10-6-7-11(14-2)12(8-10)15-3/h6-8H,1,4-5H2,2-3H3. The van der Waals surface area contributed by atoms with Crippen molar-refractivity contribution in [2.24, 2.45) is 0 Å². The van der Waals surface area contributed by atoms with Crippen LogP contribution in [0.4, 0.5) is 0 Å². The zero-order valence-corrected chi connectivity index (χ0v) is 9.80. The van der Waals surface area contributed by atoms with Crippen LogP contribution in [-0.2, 0) is 6.42 Å². The van der Waals surface area contributed by atoms with Gasteiger partial charge >= 0.3 is 0 Å². The van der Waals surface area contributed by atoms with Gasteiger partial charge in [-0.2, -0.15) is 0 Å². The van der Waals surface area contributed by atoms with Crippen LogP contribution in [-0.4, -0.2) is 14.2 Å². The van der Waals surface area contributed by atoms with Gasteiger partial charge in [0.05, 0.1) is 14.2 Å². The minimum Gasteiger partial charge on any atom is -0.493 e. The van der Waals surface area contributed by atoms with Gasteiger partial charge in [-0.15, -0.1) is 0 Å². The summed E-state index contributed by atoms with van der Waals surface area (Å²) in [6.45, 7) is 3.66. The molecule has 0 heterocycles. The van der Waals surface area contributed by atoms with E-state index in [1.54, 1.807) is 14.2 Å². The minimum absolute atomic E-state index is 0.671. The van der Waals surface area contributed by atoms with Crippen molar-refractivity contribution >= 4 is 11.6 Å². The molecule has 0 aliphatic rings. The summed E-state index contributed by atoms with van der Waals surface area (Å²) in [4.78, 5) is 0. The topological polar surface area (TPSA) is 18.5 Å². The van der Waals surface area contributed by atoms with Crippen LogP contribution in [0.3, 0.4) is 0 Å². The second-order valence-corrected chi connectivity index (χ2v) is 3.74. The summed E-state index contributed by atoms with van der Waals surface area (Å²) in [6.07, 6.45) is 1.64. The van der Waals surface area contributed by atoms with Gasteiger partial charge in [0.25, 0.3) is 0 Å². The van der Waals surface area contributed by atoms with E-state index >= 15 is 0 Å². The van der Waals surface area contributed by atoms with E-state index in [0.717, 1.165) is 29.9 Å². The lowest BCUT2D eigenvalue weighted by Crippen LogP contribution is -1.92. The molecule has 0 saturated heterocycles. The number of hydrogen-bond acceptors (Lipinski definition) is 2. The largest absolute Gasteiger partial charge is 0.493 e. The third kappa shape index (κ3) is 3.48. The summed E-state index contributed by atoms with van der Waals surface area (Å²) in [5.74, 6) is 1.49. The van der Waals surface area contributed by atoms with Crippen molar-refractivity contribution in [2.75, 3.05) is 14.2 Å². The Morgan fingerprint density at radius 3 is 2.47 bits per heavy atom. The molecule has 0 N–H and O–H groups in total. The Morgan fingerprint density at radius 1 is 1.27 bits per heavy atom. The summed E-state index contributed by atoms with van der Waals surface area (Å²) >= 11 is 5.71. The highest BCUT2D eigenvalue weighted by atomic mass is 35.5. The van der Waals surface area contributed by atoms with Crippen molar-refractivity contribution in [1.29, 1.82) is 0 Å². The summed E-state index contributed by atoms with van der Waals surface area (Å²) in [6, 6.07) is 5.85. The van der Waals surface area contributed by atoms with E-state index in [1.807, 2.05) is 18.2 Å². The van der Waals surface area contributed by atoms with E-state index in [2.05, 4.69) is 6.58 Å². The molecule has 0 unspecified atom stereocenters. The quantitative estimate of drug-likeness (QED) is 0.766. The molecule has 0 spiro atoms. The average Bonchev–Trinajstić information content (AvgIpc) is 2.25. The van der Waals surface area contributed by atoms with Crippen LogP contribution in [0.5, 0.6) is 11.5 Å². The molecule has 0 atom stereocenters. The van der Waals surface area contributed by atoms with Gasteiger partial charge in [-0.1, -0.05) is 24.2 Å². The first-order chi connectivity index (χ1) is 7.17. The van der Waals surface area contributed by atoms with Gasteiger partial charge < -0.3 is 9.47 Å². The lowest BCUT2D eigenvalue weighted by molar-refractivity contribution is 0.354. The van der Waals surface area contributed by atoms with E-state index in [-0.39, 0.29) is 0 Å². The number of allylic oxidation sites excluding steroid dienone is 1. The molecule has 0 fully saturated rings. The van der Waals surface area contributed by atoms with Crippen molar-refractivity contribution in [3.05, 3.63) is 35.4 Å². The van der Waals surface area contributed by atoms with Crippen molar-refractivity contribution in [1.82, 2.24) is 0 Å². The van der Waals surface area contributed by atoms with E-state index < -0.39 is 0 Å².